The third kappa shape index (κ3) is 2.69. The maximum Gasteiger partial charge on any atom is 0.266 e. The Morgan fingerprint density at radius 2 is 2.00 bits per heavy atom. The summed E-state index contributed by atoms with van der Waals surface area (Å²) in [6.45, 7) is 6.08. The van der Waals surface area contributed by atoms with Crippen LogP contribution < -0.4 is 5.73 Å². The highest BCUT2D eigenvalue weighted by Crippen LogP contribution is 2.39. The number of benzene rings is 1. The first-order valence-corrected chi connectivity index (χ1v) is 8.84. The van der Waals surface area contributed by atoms with Gasteiger partial charge in [0.1, 0.15) is 4.88 Å². The first-order valence-electron chi connectivity index (χ1n) is 7.23. The number of halogens is 1. The van der Waals surface area contributed by atoms with Crippen LogP contribution in [0.3, 0.4) is 0 Å². The molecule has 0 radical (unpaired) electrons. The minimum Gasteiger partial charge on any atom is -0.397 e. The summed E-state index contributed by atoms with van der Waals surface area (Å²) < 4.78 is 2.01. The molecule has 1 aromatic heterocycles. The van der Waals surface area contributed by atoms with Crippen LogP contribution in [-0.2, 0) is 0 Å². The van der Waals surface area contributed by atoms with Gasteiger partial charge in [0.05, 0.1) is 5.69 Å². The summed E-state index contributed by atoms with van der Waals surface area (Å²) in [5.74, 6) is 1.19. The van der Waals surface area contributed by atoms with E-state index in [2.05, 4.69) is 29.8 Å². The maximum absolute atomic E-state index is 12.8. The van der Waals surface area contributed by atoms with E-state index >= 15 is 0 Å². The Bertz CT molecular complexity index is 687. The second kappa shape index (κ2) is 5.61. The lowest BCUT2D eigenvalue weighted by Crippen LogP contribution is -2.42. The summed E-state index contributed by atoms with van der Waals surface area (Å²) >= 11 is 5.02. The molecule has 2 N–H and O–H groups in total. The van der Waals surface area contributed by atoms with Crippen molar-refractivity contribution in [2.75, 3.05) is 18.8 Å². The zero-order chi connectivity index (χ0) is 15.1. The molecule has 0 spiro atoms. The molecule has 2 aromatic rings. The third-order valence-electron chi connectivity index (χ3n) is 4.05. The number of hydrogen-bond acceptors (Lipinski definition) is 3. The highest BCUT2D eigenvalue weighted by Gasteiger charge is 2.28. The Hall–Kier alpha value is -1.07. The van der Waals surface area contributed by atoms with Gasteiger partial charge >= 0.3 is 0 Å². The van der Waals surface area contributed by atoms with Gasteiger partial charge in [0.2, 0.25) is 0 Å². The van der Waals surface area contributed by atoms with Gasteiger partial charge in [-0.05, 0) is 30.4 Å². The Morgan fingerprint density at radius 1 is 1.33 bits per heavy atom. The van der Waals surface area contributed by atoms with Crippen molar-refractivity contribution >= 4 is 48.9 Å². The van der Waals surface area contributed by atoms with Crippen molar-refractivity contribution in [2.45, 2.75) is 20.3 Å². The smallest absolute Gasteiger partial charge is 0.266 e. The number of fused-ring (bicyclic) bond motifs is 1. The summed E-state index contributed by atoms with van der Waals surface area (Å²) in [5.41, 5.74) is 6.86. The van der Waals surface area contributed by atoms with Gasteiger partial charge in [-0.2, -0.15) is 0 Å². The van der Waals surface area contributed by atoms with Crippen LogP contribution >= 0.6 is 27.3 Å². The number of carbonyl (C=O) groups excluding carboxylic acids is 1. The molecular weight excluding hydrogens is 348 g/mol. The molecule has 1 fully saturated rings. The predicted molar refractivity (Wildman–Crippen MR) is 92.8 cm³/mol. The molecule has 2 unspecified atom stereocenters. The average Bonchev–Trinajstić information content (AvgIpc) is 2.75. The van der Waals surface area contributed by atoms with E-state index in [1.54, 1.807) is 0 Å². The first kappa shape index (κ1) is 14.9. The summed E-state index contributed by atoms with van der Waals surface area (Å²) in [5, 5.41) is 0.962. The van der Waals surface area contributed by atoms with Crippen LogP contribution in [0.25, 0.3) is 10.1 Å². The molecule has 1 saturated heterocycles. The average molecular weight is 367 g/mol. The van der Waals surface area contributed by atoms with Gasteiger partial charge in [0.15, 0.2) is 0 Å². The number of nitrogens with two attached hydrogens (primary N) is 1. The van der Waals surface area contributed by atoms with E-state index in [1.807, 2.05) is 23.1 Å². The van der Waals surface area contributed by atoms with Crippen LogP contribution in [0.4, 0.5) is 5.69 Å². The van der Waals surface area contributed by atoms with Crippen LogP contribution in [0.2, 0.25) is 0 Å². The van der Waals surface area contributed by atoms with Crippen molar-refractivity contribution in [2.24, 2.45) is 11.8 Å². The highest BCUT2D eigenvalue weighted by molar-refractivity contribution is 9.10. The van der Waals surface area contributed by atoms with Crippen molar-refractivity contribution in [3.63, 3.8) is 0 Å². The van der Waals surface area contributed by atoms with Crippen molar-refractivity contribution in [1.29, 1.82) is 0 Å². The van der Waals surface area contributed by atoms with E-state index in [-0.39, 0.29) is 5.91 Å². The molecule has 1 aliphatic rings. The lowest BCUT2D eigenvalue weighted by molar-refractivity contribution is 0.0629. The lowest BCUT2D eigenvalue weighted by atomic mass is 9.92. The molecule has 2 heterocycles. The molecule has 0 bridgehead atoms. The molecule has 1 aromatic carbocycles. The predicted octanol–water partition coefficient (Wildman–Crippen LogP) is 4.36. The molecule has 5 heteroatoms. The molecule has 1 amide bonds. The molecular formula is C16H19BrN2OS. The van der Waals surface area contributed by atoms with Crippen LogP contribution in [0.1, 0.15) is 29.9 Å². The minimum absolute atomic E-state index is 0.0824. The van der Waals surface area contributed by atoms with Gasteiger partial charge in [-0.1, -0.05) is 35.8 Å². The van der Waals surface area contributed by atoms with E-state index in [4.69, 9.17) is 5.73 Å². The van der Waals surface area contributed by atoms with Crippen molar-refractivity contribution in [1.82, 2.24) is 4.90 Å². The molecule has 112 valence electrons. The number of carbonyl (C=O) groups is 1. The number of nitrogens with zero attached hydrogens (tertiary/aromatic N) is 1. The molecule has 3 nitrogen and oxygen atoms in total. The standard InChI is InChI=1S/C16H19BrN2OS/c1-9-6-10(2)8-19(7-9)16(20)15-14(18)13-11(17)4-3-5-12(13)21-15/h3-5,9-10H,6-8,18H2,1-2H3. The number of rotatable bonds is 1. The molecule has 0 aliphatic carbocycles. The van der Waals surface area contributed by atoms with Crippen molar-refractivity contribution in [3.05, 3.63) is 27.5 Å². The van der Waals surface area contributed by atoms with Gasteiger partial charge in [-0.25, -0.2) is 0 Å². The second-order valence-electron chi connectivity index (χ2n) is 6.11. The molecule has 21 heavy (non-hydrogen) atoms. The number of hydrogen-bond donors (Lipinski definition) is 1. The number of amides is 1. The molecule has 0 saturated carbocycles. The van der Waals surface area contributed by atoms with E-state index in [0.29, 0.717) is 22.4 Å². The Balaban J connectivity index is 1.98. The van der Waals surface area contributed by atoms with Crippen molar-refractivity contribution < 1.29 is 4.79 Å². The SMILES string of the molecule is CC1CC(C)CN(C(=O)c2sc3cccc(Br)c3c2N)C1. The maximum atomic E-state index is 12.8. The zero-order valence-electron chi connectivity index (χ0n) is 12.2. The van der Waals surface area contributed by atoms with E-state index in [1.165, 1.54) is 17.8 Å². The summed E-state index contributed by atoms with van der Waals surface area (Å²) in [4.78, 5) is 15.5. The van der Waals surface area contributed by atoms with E-state index in [0.717, 1.165) is 27.6 Å². The number of nitrogen functional groups attached to an aromatic ring is 1. The molecule has 2 atom stereocenters. The van der Waals surface area contributed by atoms with Crippen molar-refractivity contribution in [3.8, 4) is 0 Å². The lowest BCUT2D eigenvalue weighted by Gasteiger charge is -2.34. The minimum atomic E-state index is 0.0824. The fourth-order valence-electron chi connectivity index (χ4n) is 3.26. The Morgan fingerprint density at radius 3 is 2.62 bits per heavy atom. The fraction of sp³-hybridized carbons (Fsp3) is 0.438. The zero-order valence-corrected chi connectivity index (χ0v) is 14.6. The van der Waals surface area contributed by atoms with E-state index < -0.39 is 0 Å². The number of thiophene rings is 1. The molecule has 1 aliphatic heterocycles. The number of piperidine rings is 1. The van der Waals surface area contributed by atoms with Gasteiger partial charge in [-0.15, -0.1) is 11.3 Å². The summed E-state index contributed by atoms with van der Waals surface area (Å²) in [6, 6.07) is 5.95. The van der Waals surface area contributed by atoms with Crippen LogP contribution in [0, 0.1) is 11.8 Å². The monoisotopic (exact) mass is 366 g/mol. The van der Waals surface area contributed by atoms with Crippen LogP contribution in [-0.4, -0.2) is 23.9 Å². The van der Waals surface area contributed by atoms with E-state index in [9.17, 15) is 4.79 Å². The number of anilines is 1. The Labute approximate surface area is 137 Å². The summed E-state index contributed by atoms with van der Waals surface area (Å²) in [7, 11) is 0. The van der Waals surface area contributed by atoms with Gasteiger partial charge in [0, 0.05) is 27.6 Å². The first-order chi connectivity index (χ1) is 9.97. The topological polar surface area (TPSA) is 46.3 Å². The number of likely N-dealkylation sites (tertiary alicyclic amines) is 1. The van der Waals surface area contributed by atoms with Crippen LogP contribution in [0.15, 0.2) is 22.7 Å². The highest BCUT2D eigenvalue weighted by atomic mass is 79.9. The molecule has 3 rings (SSSR count). The largest absolute Gasteiger partial charge is 0.397 e. The normalized spacial score (nSPS) is 22.7. The third-order valence-corrected chi connectivity index (χ3v) is 5.87. The second-order valence-corrected chi connectivity index (χ2v) is 8.02. The Kier molecular flexibility index (Phi) is 3.97. The summed E-state index contributed by atoms with van der Waals surface area (Å²) in [6.07, 6.45) is 1.19. The quantitative estimate of drug-likeness (QED) is 0.814. The fourth-order valence-corrected chi connectivity index (χ4v) is 5.09. The van der Waals surface area contributed by atoms with Gasteiger partial charge in [-0.3, -0.25) is 4.79 Å². The van der Waals surface area contributed by atoms with Gasteiger partial charge in [0.25, 0.3) is 5.91 Å². The van der Waals surface area contributed by atoms with Gasteiger partial charge < -0.3 is 10.6 Å². The van der Waals surface area contributed by atoms with Crippen LogP contribution in [0.5, 0.6) is 0 Å².